The zero-order valence-electron chi connectivity index (χ0n) is 9.68. The number of benzene rings is 1. The predicted molar refractivity (Wildman–Crippen MR) is 67.2 cm³/mol. The van der Waals surface area contributed by atoms with Gasteiger partial charge in [-0.25, -0.2) is 4.98 Å². The zero-order valence-corrected chi connectivity index (χ0v) is 9.68. The SMILES string of the molecule is CC(C)Nc1ccnc2c([N+](=O)[O-])cccc12. The van der Waals surface area contributed by atoms with E-state index >= 15 is 0 Å². The van der Waals surface area contributed by atoms with Gasteiger partial charge in [0.25, 0.3) is 5.69 Å². The van der Waals surface area contributed by atoms with Crippen LogP contribution in [0.2, 0.25) is 0 Å². The number of hydrogen-bond acceptors (Lipinski definition) is 4. The van der Waals surface area contributed by atoms with E-state index in [0.29, 0.717) is 5.52 Å². The van der Waals surface area contributed by atoms with Crippen molar-refractivity contribution in [1.82, 2.24) is 4.98 Å². The Balaban J connectivity index is 2.65. The van der Waals surface area contributed by atoms with Crippen molar-refractivity contribution >= 4 is 22.3 Å². The number of aromatic nitrogens is 1. The van der Waals surface area contributed by atoms with E-state index in [1.54, 1.807) is 12.3 Å². The first-order valence-corrected chi connectivity index (χ1v) is 5.38. The van der Waals surface area contributed by atoms with Crippen LogP contribution in [0.3, 0.4) is 0 Å². The maximum absolute atomic E-state index is 10.9. The third kappa shape index (κ3) is 2.18. The van der Waals surface area contributed by atoms with E-state index in [0.717, 1.165) is 11.1 Å². The molecule has 5 heteroatoms. The smallest absolute Gasteiger partial charge is 0.295 e. The minimum atomic E-state index is -0.408. The Morgan fingerprint density at radius 2 is 2.12 bits per heavy atom. The van der Waals surface area contributed by atoms with Crippen LogP contribution in [0.5, 0.6) is 0 Å². The maximum Gasteiger partial charge on any atom is 0.295 e. The van der Waals surface area contributed by atoms with Crippen LogP contribution >= 0.6 is 0 Å². The zero-order chi connectivity index (χ0) is 12.4. The molecule has 88 valence electrons. The van der Waals surface area contributed by atoms with Crippen LogP contribution in [-0.4, -0.2) is 15.9 Å². The summed E-state index contributed by atoms with van der Waals surface area (Å²) < 4.78 is 0. The van der Waals surface area contributed by atoms with Crippen molar-refractivity contribution in [2.24, 2.45) is 0 Å². The first kappa shape index (κ1) is 11.3. The highest BCUT2D eigenvalue weighted by Crippen LogP contribution is 2.28. The van der Waals surface area contributed by atoms with Gasteiger partial charge >= 0.3 is 0 Å². The molecular weight excluding hydrogens is 218 g/mol. The molecule has 0 amide bonds. The van der Waals surface area contributed by atoms with Crippen molar-refractivity contribution in [2.75, 3.05) is 5.32 Å². The molecule has 17 heavy (non-hydrogen) atoms. The van der Waals surface area contributed by atoms with E-state index in [9.17, 15) is 10.1 Å². The fourth-order valence-electron chi connectivity index (χ4n) is 1.74. The normalized spacial score (nSPS) is 10.8. The molecule has 0 radical (unpaired) electrons. The number of nitro groups is 1. The molecule has 0 aliphatic carbocycles. The lowest BCUT2D eigenvalue weighted by atomic mass is 10.1. The van der Waals surface area contributed by atoms with Crippen molar-refractivity contribution in [3.63, 3.8) is 0 Å². The van der Waals surface area contributed by atoms with E-state index in [-0.39, 0.29) is 11.7 Å². The molecule has 1 aromatic heterocycles. The monoisotopic (exact) mass is 231 g/mol. The van der Waals surface area contributed by atoms with Crippen molar-refractivity contribution in [3.05, 3.63) is 40.6 Å². The highest BCUT2D eigenvalue weighted by atomic mass is 16.6. The van der Waals surface area contributed by atoms with Gasteiger partial charge in [0.1, 0.15) is 5.52 Å². The Hall–Kier alpha value is -2.17. The molecule has 0 saturated heterocycles. The van der Waals surface area contributed by atoms with Gasteiger partial charge in [0.05, 0.1) is 4.92 Å². The van der Waals surface area contributed by atoms with Crippen molar-refractivity contribution < 1.29 is 4.92 Å². The minimum Gasteiger partial charge on any atom is -0.382 e. The van der Waals surface area contributed by atoms with Crippen LogP contribution < -0.4 is 5.32 Å². The van der Waals surface area contributed by atoms with Crippen LogP contribution in [0.4, 0.5) is 11.4 Å². The van der Waals surface area contributed by atoms with E-state index in [4.69, 9.17) is 0 Å². The number of nitrogens with one attached hydrogen (secondary N) is 1. The van der Waals surface area contributed by atoms with Gasteiger partial charge in [0, 0.05) is 29.4 Å². The molecular formula is C12H13N3O2. The summed E-state index contributed by atoms with van der Waals surface area (Å²) >= 11 is 0. The van der Waals surface area contributed by atoms with Gasteiger partial charge in [-0.1, -0.05) is 12.1 Å². The van der Waals surface area contributed by atoms with Gasteiger partial charge in [-0.15, -0.1) is 0 Å². The molecule has 0 spiro atoms. The molecule has 1 heterocycles. The Morgan fingerprint density at radius 1 is 1.35 bits per heavy atom. The van der Waals surface area contributed by atoms with Crippen LogP contribution in [-0.2, 0) is 0 Å². The summed E-state index contributed by atoms with van der Waals surface area (Å²) in [4.78, 5) is 14.6. The minimum absolute atomic E-state index is 0.0370. The third-order valence-electron chi connectivity index (χ3n) is 2.39. The van der Waals surface area contributed by atoms with Crippen molar-refractivity contribution in [1.29, 1.82) is 0 Å². The van der Waals surface area contributed by atoms with Gasteiger partial charge in [0.15, 0.2) is 0 Å². The van der Waals surface area contributed by atoms with E-state index in [1.165, 1.54) is 6.07 Å². The molecule has 0 bridgehead atoms. The standard InChI is InChI=1S/C12H13N3O2/c1-8(2)14-10-6-7-13-12-9(10)4-3-5-11(12)15(16)17/h3-8H,1-2H3,(H,13,14). The molecule has 0 atom stereocenters. The number of fused-ring (bicyclic) bond motifs is 1. The fourth-order valence-corrected chi connectivity index (χ4v) is 1.74. The number of nitro benzene ring substituents is 1. The summed E-state index contributed by atoms with van der Waals surface area (Å²) in [7, 11) is 0. The molecule has 1 aromatic carbocycles. The molecule has 0 saturated carbocycles. The Morgan fingerprint density at radius 3 is 2.76 bits per heavy atom. The Labute approximate surface area is 98.6 Å². The quantitative estimate of drug-likeness (QED) is 0.651. The fraction of sp³-hybridized carbons (Fsp3) is 0.250. The number of para-hydroxylation sites is 1. The van der Waals surface area contributed by atoms with Crippen LogP contribution in [0.25, 0.3) is 10.9 Å². The average Bonchev–Trinajstić information content (AvgIpc) is 2.28. The first-order chi connectivity index (χ1) is 8.09. The number of hydrogen-bond donors (Lipinski definition) is 1. The highest BCUT2D eigenvalue weighted by Gasteiger charge is 2.14. The topological polar surface area (TPSA) is 68.1 Å². The van der Waals surface area contributed by atoms with Crippen LogP contribution in [0, 0.1) is 10.1 Å². The van der Waals surface area contributed by atoms with E-state index < -0.39 is 4.92 Å². The van der Waals surface area contributed by atoms with E-state index in [2.05, 4.69) is 10.3 Å². The average molecular weight is 231 g/mol. The predicted octanol–water partition coefficient (Wildman–Crippen LogP) is 2.96. The molecule has 2 rings (SSSR count). The summed E-state index contributed by atoms with van der Waals surface area (Å²) in [5.74, 6) is 0. The second kappa shape index (κ2) is 4.37. The summed E-state index contributed by atoms with van der Waals surface area (Å²) in [6.45, 7) is 4.03. The van der Waals surface area contributed by atoms with Gasteiger partial charge in [-0.05, 0) is 19.9 Å². The highest BCUT2D eigenvalue weighted by molar-refractivity contribution is 5.96. The number of anilines is 1. The summed E-state index contributed by atoms with van der Waals surface area (Å²) in [5.41, 5.74) is 1.33. The largest absolute Gasteiger partial charge is 0.382 e. The van der Waals surface area contributed by atoms with Crippen LogP contribution in [0.1, 0.15) is 13.8 Å². The number of rotatable bonds is 3. The second-order valence-electron chi connectivity index (χ2n) is 4.09. The molecule has 0 aliphatic rings. The van der Waals surface area contributed by atoms with Crippen LogP contribution in [0.15, 0.2) is 30.5 Å². The lowest BCUT2D eigenvalue weighted by molar-refractivity contribution is -0.383. The van der Waals surface area contributed by atoms with Gasteiger partial charge in [0.2, 0.25) is 0 Å². The lowest BCUT2D eigenvalue weighted by Crippen LogP contribution is -2.10. The molecule has 0 unspecified atom stereocenters. The Kier molecular flexibility index (Phi) is 2.91. The molecule has 2 aromatic rings. The molecule has 0 fully saturated rings. The van der Waals surface area contributed by atoms with Gasteiger partial charge < -0.3 is 5.32 Å². The maximum atomic E-state index is 10.9. The second-order valence-corrected chi connectivity index (χ2v) is 4.09. The van der Waals surface area contributed by atoms with Gasteiger partial charge in [-0.2, -0.15) is 0 Å². The lowest BCUT2D eigenvalue weighted by Gasteiger charge is -2.12. The molecule has 5 nitrogen and oxygen atoms in total. The first-order valence-electron chi connectivity index (χ1n) is 5.38. The summed E-state index contributed by atoms with van der Waals surface area (Å²) in [6.07, 6.45) is 1.58. The summed E-state index contributed by atoms with van der Waals surface area (Å²) in [5, 5.41) is 14.9. The third-order valence-corrected chi connectivity index (χ3v) is 2.39. The molecule has 1 N–H and O–H groups in total. The van der Waals surface area contributed by atoms with Crippen molar-refractivity contribution in [2.45, 2.75) is 19.9 Å². The van der Waals surface area contributed by atoms with E-state index in [1.807, 2.05) is 26.0 Å². The van der Waals surface area contributed by atoms with Gasteiger partial charge in [-0.3, -0.25) is 10.1 Å². The number of non-ortho nitro benzene ring substituents is 1. The van der Waals surface area contributed by atoms with Crippen molar-refractivity contribution in [3.8, 4) is 0 Å². The number of nitrogens with zero attached hydrogens (tertiary/aromatic N) is 2. The summed E-state index contributed by atoms with van der Waals surface area (Å²) in [6, 6.07) is 7.06. The molecule has 0 aliphatic heterocycles. The number of pyridine rings is 1. The Bertz CT molecular complexity index is 567.